The van der Waals surface area contributed by atoms with Crippen LogP contribution >= 0.6 is 0 Å². The van der Waals surface area contributed by atoms with Crippen molar-refractivity contribution in [3.8, 4) is 5.75 Å². The van der Waals surface area contributed by atoms with Crippen molar-refractivity contribution in [1.82, 2.24) is 5.32 Å². The lowest BCUT2D eigenvalue weighted by Gasteiger charge is -2.13. The van der Waals surface area contributed by atoms with Crippen molar-refractivity contribution < 1.29 is 9.47 Å². The van der Waals surface area contributed by atoms with E-state index in [-0.39, 0.29) is 0 Å². The fourth-order valence-corrected chi connectivity index (χ4v) is 2.82. The topological polar surface area (TPSA) is 30.5 Å². The van der Waals surface area contributed by atoms with Gasteiger partial charge in [0.25, 0.3) is 0 Å². The predicted octanol–water partition coefficient (Wildman–Crippen LogP) is 2.97. The first-order chi connectivity index (χ1) is 9.88. The molecule has 2 aromatic carbocycles. The number of nitrogens with one attached hydrogen (secondary N) is 1. The molecule has 20 heavy (non-hydrogen) atoms. The number of fused-ring (bicyclic) bond motifs is 1. The Morgan fingerprint density at radius 2 is 2.05 bits per heavy atom. The average molecular weight is 271 g/mol. The van der Waals surface area contributed by atoms with Gasteiger partial charge in [-0.05, 0) is 29.4 Å². The number of hydrogen-bond acceptors (Lipinski definition) is 3. The van der Waals surface area contributed by atoms with Gasteiger partial charge < -0.3 is 14.8 Å². The fraction of sp³-hybridized carbons (Fsp3) is 0.412. The van der Waals surface area contributed by atoms with Crippen LogP contribution in [0.5, 0.6) is 5.75 Å². The van der Waals surface area contributed by atoms with E-state index in [1.54, 1.807) is 7.11 Å². The summed E-state index contributed by atoms with van der Waals surface area (Å²) in [6, 6.07) is 12.6. The predicted molar refractivity (Wildman–Crippen MR) is 81.1 cm³/mol. The second kappa shape index (κ2) is 6.25. The molecule has 0 aromatic heterocycles. The van der Waals surface area contributed by atoms with Gasteiger partial charge in [0.2, 0.25) is 0 Å². The summed E-state index contributed by atoms with van der Waals surface area (Å²) in [5.41, 5.74) is 1.32. The van der Waals surface area contributed by atoms with Crippen LogP contribution in [-0.2, 0) is 11.3 Å². The lowest BCUT2D eigenvalue weighted by atomic mass is 10.0. The zero-order valence-electron chi connectivity index (χ0n) is 11.9. The molecule has 1 aliphatic heterocycles. The summed E-state index contributed by atoms with van der Waals surface area (Å²) in [7, 11) is 1.72. The third kappa shape index (κ3) is 2.79. The summed E-state index contributed by atoms with van der Waals surface area (Å²) in [4.78, 5) is 0. The second-order valence-corrected chi connectivity index (χ2v) is 5.33. The van der Waals surface area contributed by atoms with Gasteiger partial charge >= 0.3 is 0 Å². The highest BCUT2D eigenvalue weighted by Gasteiger charge is 2.15. The Morgan fingerprint density at radius 1 is 1.20 bits per heavy atom. The molecule has 0 saturated carbocycles. The van der Waals surface area contributed by atoms with E-state index in [4.69, 9.17) is 9.47 Å². The van der Waals surface area contributed by atoms with Gasteiger partial charge in [-0.25, -0.2) is 0 Å². The molecule has 1 unspecified atom stereocenters. The summed E-state index contributed by atoms with van der Waals surface area (Å²) >= 11 is 0. The molecule has 0 spiro atoms. The summed E-state index contributed by atoms with van der Waals surface area (Å²) in [5, 5.41) is 6.00. The Balaban J connectivity index is 1.74. The third-order valence-corrected chi connectivity index (χ3v) is 3.97. The van der Waals surface area contributed by atoms with E-state index in [2.05, 4.69) is 41.7 Å². The maximum absolute atomic E-state index is 5.43. The monoisotopic (exact) mass is 271 g/mol. The average Bonchev–Trinajstić information content (AvgIpc) is 3.01. The molecule has 2 aromatic rings. The van der Waals surface area contributed by atoms with Crippen molar-refractivity contribution in [1.29, 1.82) is 0 Å². The third-order valence-electron chi connectivity index (χ3n) is 3.97. The van der Waals surface area contributed by atoms with Crippen LogP contribution in [0.4, 0.5) is 0 Å². The van der Waals surface area contributed by atoms with Crippen LogP contribution in [0.15, 0.2) is 36.4 Å². The number of ether oxygens (including phenoxy) is 2. The summed E-state index contributed by atoms with van der Waals surface area (Å²) < 4.78 is 10.8. The number of rotatable bonds is 5. The molecular weight excluding hydrogens is 250 g/mol. The highest BCUT2D eigenvalue weighted by Crippen LogP contribution is 2.28. The molecule has 1 atom stereocenters. The number of hydrogen-bond donors (Lipinski definition) is 1. The van der Waals surface area contributed by atoms with E-state index in [1.165, 1.54) is 22.8 Å². The molecule has 1 heterocycles. The smallest absolute Gasteiger partial charge is 0.126 e. The van der Waals surface area contributed by atoms with Gasteiger partial charge in [-0.3, -0.25) is 0 Å². The van der Waals surface area contributed by atoms with Crippen LogP contribution < -0.4 is 10.1 Å². The first-order valence-electron chi connectivity index (χ1n) is 7.21. The Kier molecular flexibility index (Phi) is 4.19. The van der Waals surface area contributed by atoms with E-state index in [0.717, 1.165) is 32.1 Å². The van der Waals surface area contributed by atoms with Crippen molar-refractivity contribution in [3.63, 3.8) is 0 Å². The molecule has 0 amide bonds. The van der Waals surface area contributed by atoms with Crippen LogP contribution in [0.2, 0.25) is 0 Å². The molecule has 106 valence electrons. The van der Waals surface area contributed by atoms with Crippen molar-refractivity contribution >= 4 is 10.8 Å². The summed E-state index contributed by atoms with van der Waals surface area (Å²) in [6.07, 6.45) is 1.18. The summed E-state index contributed by atoms with van der Waals surface area (Å²) in [5.74, 6) is 1.60. The van der Waals surface area contributed by atoms with Crippen molar-refractivity contribution in [2.75, 3.05) is 26.9 Å². The minimum atomic E-state index is 0.666. The van der Waals surface area contributed by atoms with Crippen molar-refractivity contribution in [2.45, 2.75) is 13.0 Å². The molecule has 1 aliphatic rings. The van der Waals surface area contributed by atoms with Crippen LogP contribution in [0.3, 0.4) is 0 Å². The zero-order chi connectivity index (χ0) is 13.8. The lowest BCUT2D eigenvalue weighted by molar-refractivity contribution is 0.185. The number of methoxy groups -OCH3 is 1. The van der Waals surface area contributed by atoms with Gasteiger partial charge in [0.05, 0.1) is 13.7 Å². The molecule has 3 rings (SSSR count). The minimum absolute atomic E-state index is 0.666. The first-order valence-corrected chi connectivity index (χ1v) is 7.21. The quantitative estimate of drug-likeness (QED) is 0.907. The zero-order valence-corrected chi connectivity index (χ0v) is 11.9. The molecule has 0 aliphatic carbocycles. The van der Waals surface area contributed by atoms with Gasteiger partial charge in [-0.15, -0.1) is 0 Å². The second-order valence-electron chi connectivity index (χ2n) is 5.33. The maximum atomic E-state index is 5.43. The summed E-state index contributed by atoms with van der Waals surface area (Å²) in [6.45, 7) is 3.73. The number of benzene rings is 2. The normalized spacial score (nSPS) is 18.6. The molecule has 0 bridgehead atoms. The fourth-order valence-electron chi connectivity index (χ4n) is 2.82. The van der Waals surface area contributed by atoms with Crippen molar-refractivity contribution in [3.05, 3.63) is 42.0 Å². The van der Waals surface area contributed by atoms with Gasteiger partial charge in [-0.2, -0.15) is 0 Å². The largest absolute Gasteiger partial charge is 0.496 e. The van der Waals surface area contributed by atoms with E-state index in [9.17, 15) is 0 Å². The van der Waals surface area contributed by atoms with Crippen LogP contribution in [0.1, 0.15) is 12.0 Å². The van der Waals surface area contributed by atoms with Gasteiger partial charge in [0.1, 0.15) is 5.75 Å². The van der Waals surface area contributed by atoms with Gasteiger partial charge in [-0.1, -0.05) is 30.3 Å². The van der Waals surface area contributed by atoms with Crippen LogP contribution in [0.25, 0.3) is 10.8 Å². The molecule has 3 nitrogen and oxygen atoms in total. The molecule has 1 saturated heterocycles. The first kappa shape index (κ1) is 13.4. The molecular formula is C17H21NO2. The van der Waals surface area contributed by atoms with Crippen molar-refractivity contribution in [2.24, 2.45) is 5.92 Å². The Hall–Kier alpha value is -1.58. The standard InChI is InChI=1S/C17H21NO2/c1-19-17-7-6-14(15-4-2-3-5-16(15)17)11-18-10-13-8-9-20-12-13/h2-7,13,18H,8-12H2,1H3. The Morgan fingerprint density at radius 3 is 2.80 bits per heavy atom. The van der Waals surface area contributed by atoms with E-state index < -0.39 is 0 Å². The Labute approximate surface area is 119 Å². The molecule has 0 radical (unpaired) electrons. The highest BCUT2D eigenvalue weighted by atomic mass is 16.5. The van der Waals surface area contributed by atoms with E-state index in [1.807, 2.05) is 0 Å². The van der Waals surface area contributed by atoms with E-state index in [0.29, 0.717) is 5.92 Å². The minimum Gasteiger partial charge on any atom is -0.496 e. The maximum Gasteiger partial charge on any atom is 0.126 e. The molecule has 1 fully saturated rings. The van der Waals surface area contributed by atoms with Gasteiger partial charge in [0.15, 0.2) is 0 Å². The van der Waals surface area contributed by atoms with Gasteiger partial charge in [0, 0.05) is 25.1 Å². The van der Waals surface area contributed by atoms with Crippen LogP contribution in [-0.4, -0.2) is 26.9 Å². The SMILES string of the molecule is COc1ccc(CNCC2CCOC2)c2ccccc12. The lowest BCUT2D eigenvalue weighted by Crippen LogP contribution is -2.22. The van der Waals surface area contributed by atoms with Crippen LogP contribution in [0, 0.1) is 5.92 Å². The highest BCUT2D eigenvalue weighted by molar-refractivity contribution is 5.91. The molecule has 3 heteroatoms. The van der Waals surface area contributed by atoms with E-state index >= 15 is 0 Å². The Bertz CT molecular complexity index is 576. The molecule has 1 N–H and O–H groups in total.